The van der Waals surface area contributed by atoms with E-state index in [1.54, 1.807) is 12.3 Å². The van der Waals surface area contributed by atoms with Crippen LogP contribution in [-0.4, -0.2) is 27.3 Å². The van der Waals surface area contributed by atoms with Gasteiger partial charge in [0.05, 0.1) is 17.1 Å². The van der Waals surface area contributed by atoms with Crippen LogP contribution in [0.5, 0.6) is 5.75 Å². The summed E-state index contributed by atoms with van der Waals surface area (Å²) >= 11 is 0. The number of benzene rings is 2. The van der Waals surface area contributed by atoms with E-state index in [1.165, 1.54) is 0 Å². The van der Waals surface area contributed by atoms with E-state index >= 15 is 0 Å². The van der Waals surface area contributed by atoms with Gasteiger partial charge in [0.15, 0.2) is 0 Å². The maximum Gasteiger partial charge on any atom is 0.319 e. The number of hydrogen-bond acceptors (Lipinski definition) is 4. The molecule has 31 heavy (non-hydrogen) atoms. The summed E-state index contributed by atoms with van der Waals surface area (Å²) in [6.45, 7) is 0.847. The molecular weight excluding hydrogens is 390 g/mol. The van der Waals surface area contributed by atoms with Crippen molar-refractivity contribution in [2.75, 3.05) is 11.9 Å². The fourth-order valence-electron chi connectivity index (χ4n) is 3.00. The van der Waals surface area contributed by atoms with Gasteiger partial charge in [0.2, 0.25) is 0 Å². The Labute approximate surface area is 180 Å². The summed E-state index contributed by atoms with van der Waals surface area (Å²) in [5.74, 6) is 0.662. The molecule has 2 aromatic heterocycles. The van der Waals surface area contributed by atoms with Crippen molar-refractivity contribution in [3.63, 3.8) is 0 Å². The highest BCUT2D eigenvalue weighted by atomic mass is 16.5. The number of nitrogens with zero attached hydrogens (tertiary/aromatic N) is 3. The van der Waals surface area contributed by atoms with Crippen LogP contribution in [0.2, 0.25) is 0 Å². The lowest BCUT2D eigenvalue weighted by Crippen LogP contribution is -2.30. The van der Waals surface area contributed by atoms with Gasteiger partial charge >= 0.3 is 6.03 Å². The van der Waals surface area contributed by atoms with Crippen molar-refractivity contribution in [3.8, 4) is 11.4 Å². The third-order valence-corrected chi connectivity index (χ3v) is 4.54. The normalized spacial score (nSPS) is 10.5. The van der Waals surface area contributed by atoms with Crippen LogP contribution in [-0.2, 0) is 13.0 Å². The van der Waals surface area contributed by atoms with Crippen LogP contribution in [0.4, 0.5) is 10.5 Å². The summed E-state index contributed by atoms with van der Waals surface area (Å²) in [7, 11) is 0. The topological polar surface area (TPSA) is 81.1 Å². The number of hydrogen-bond donors (Lipinski definition) is 2. The fourth-order valence-corrected chi connectivity index (χ4v) is 3.00. The lowest BCUT2D eigenvalue weighted by molar-refractivity contribution is 0.252. The standard InChI is InChI=1S/C24H23N5O2/c30-24(26-15-12-19-13-16-29(28-19)22-9-2-1-3-10-22)27-20-8-6-11-23(17-20)31-18-21-7-4-5-14-25-21/h1-11,13-14,16-17H,12,15,18H2,(H2,26,27,30). The molecule has 0 aliphatic rings. The molecule has 2 N–H and O–H groups in total. The van der Waals surface area contributed by atoms with Gasteiger partial charge in [-0.05, 0) is 42.5 Å². The van der Waals surface area contributed by atoms with Crippen molar-refractivity contribution in [2.45, 2.75) is 13.0 Å². The van der Waals surface area contributed by atoms with E-state index in [2.05, 4.69) is 20.7 Å². The number of aromatic nitrogens is 3. The molecule has 0 spiro atoms. The van der Waals surface area contributed by atoms with Crippen LogP contribution >= 0.6 is 0 Å². The van der Waals surface area contributed by atoms with Gasteiger partial charge in [-0.2, -0.15) is 5.10 Å². The Morgan fingerprint density at radius 2 is 1.81 bits per heavy atom. The number of amides is 2. The van der Waals surface area contributed by atoms with Gasteiger partial charge in [-0.15, -0.1) is 0 Å². The summed E-state index contributed by atoms with van der Waals surface area (Å²) in [6, 6.07) is 24.5. The third kappa shape index (κ3) is 5.93. The van der Waals surface area contributed by atoms with Crippen LogP contribution in [0.1, 0.15) is 11.4 Å². The Kier molecular flexibility index (Phi) is 6.54. The quantitative estimate of drug-likeness (QED) is 0.453. The van der Waals surface area contributed by atoms with E-state index in [-0.39, 0.29) is 6.03 Å². The number of pyridine rings is 1. The molecule has 0 bridgehead atoms. The third-order valence-electron chi connectivity index (χ3n) is 4.54. The van der Waals surface area contributed by atoms with Crippen LogP contribution in [0.15, 0.2) is 91.3 Å². The van der Waals surface area contributed by atoms with Gasteiger partial charge in [-0.3, -0.25) is 4.98 Å². The molecule has 4 aromatic rings. The second kappa shape index (κ2) is 10.1. The first kappa shape index (κ1) is 20.2. The van der Waals surface area contributed by atoms with Crippen LogP contribution in [0.25, 0.3) is 5.69 Å². The lowest BCUT2D eigenvalue weighted by atomic mass is 10.3. The number of anilines is 1. The van der Waals surface area contributed by atoms with Gasteiger partial charge in [0, 0.05) is 37.1 Å². The van der Waals surface area contributed by atoms with Gasteiger partial charge in [0.1, 0.15) is 12.4 Å². The van der Waals surface area contributed by atoms with E-state index in [0.717, 1.165) is 17.1 Å². The Hall–Kier alpha value is -4.13. The molecule has 7 nitrogen and oxygen atoms in total. The van der Waals surface area contributed by atoms with Crippen molar-refractivity contribution >= 4 is 11.7 Å². The molecule has 7 heteroatoms. The first-order valence-corrected chi connectivity index (χ1v) is 10.0. The number of ether oxygens (including phenoxy) is 1. The smallest absolute Gasteiger partial charge is 0.319 e. The predicted molar refractivity (Wildman–Crippen MR) is 119 cm³/mol. The van der Waals surface area contributed by atoms with Crippen molar-refractivity contribution in [2.24, 2.45) is 0 Å². The van der Waals surface area contributed by atoms with E-state index in [9.17, 15) is 4.79 Å². The Morgan fingerprint density at radius 1 is 0.935 bits per heavy atom. The zero-order valence-electron chi connectivity index (χ0n) is 16.9. The largest absolute Gasteiger partial charge is 0.487 e. The highest BCUT2D eigenvalue weighted by molar-refractivity contribution is 5.89. The molecule has 0 unspecified atom stereocenters. The molecule has 2 heterocycles. The van der Waals surface area contributed by atoms with Crippen LogP contribution < -0.4 is 15.4 Å². The number of nitrogens with one attached hydrogen (secondary N) is 2. The number of carbonyl (C=O) groups is 1. The van der Waals surface area contributed by atoms with Gasteiger partial charge in [0.25, 0.3) is 0 Å². The number of rotatable bonds is 8. The monoisotopic (exact) mass is 413 g/mol. The van der Waals surface area contributed by atoms with Crippen molar-refractivity contribution in [1.29, 1.82) is 0 Å². The zero-order valence-corrected chi connectivity index (χ0v) is 16.9. The molecule has 2 aromatic carbocycles. The summed E-state index contributed by atoms with van der Waals surface area (Å²) in [5, 5.41) is 10.2. The van der Waals surface area contributed by atoms with Crippen molar-refractivity contribution < 1.29 is 9.53 Å². The Bertz CT molecular complexity index is 1110. The minimum atomic E-state index is -0.274. The molecule has 156 valence electrons. The summed E-state index contributed by atoms with van der Waals surface area (Å²) in [6.07, 6.45) is 4.29. The van der Waals surface area contributed by atoms with Crippen molar-refractivity contribution in [1.82, 2.24) is 20.1 Å². The maximum atomic E-state index is 12.2. The molecule has 2 amide bonds. The molecule has 0 saturated carbocycles. The number of carbonyl (C=O) groups excluding carboxylic acids is 1. The number of urea groups is 1. The fraction of sp³-hybridized carbons (Fsp3) is 0.125. The number of para-hydroxylation sites is 1. The molecule has 0 aliphatic carbocycles. The van der Waals surface area contributed by atoms with Crippen LogP contribution in [0, 0.1) is 0 Å². The first-order chi connectivity index (χ1) is 15.3. The molecule has 0 fully saturated rings. The summed E-state index contributed by atoms with van der Waals surface area (Å²) in [5.41, 5.74) is 3.41. The minimum absolute atomic E-state index is 0.274. The molecule has 0 radical (unpaired) electrons. The van der Waals surface area contributed by atoms with Gasteiger partial charge < -0.3 is 15.4 Å². The first-order valence-electron chi connectivity index (χ1n) is 10.0. The Balaban J connectivity index is 1.23. The highest BCUT2D eigenvalue weighted by Crippen LogP contribution is 2.18. The molecule has 0 atom stereocenters. The zero-order chi connectivity index (χ0) is 21.3. The lowest BCUT2D eigenvalue weighted by Gasteiger charge is -2.10. The van der Waals surface area contributed by atoms with Crippen LogP contribution in [0.3, 0.4) is 0 Å². The van der Waals surface area contributed by atoms with E-state index < -0.39 is 0 Å². The van der Waals surface area contributed by atoms with Gasteiger partial charge in [-0.25, -0.2) is 9.48 Å². The minimum Gasteiger partial charge on any atom is -0.487 e. The average Bonchev–Trinajstić information content (AvgIpc) is 3.28. The predicted octanol–water partition coefficient (Wildman–Crippen LogP) is 4.21. The second-order valence-electron chi connectivity index (χ2n) is 6.86. The van der Waals surface area contributed by atoms with Gasteiger partial charge in [-0.1, -0.05) is 30.3 Å². The van der Waals surface area contributed by atoms with E-state index in [1.807, 2.05) is 83.7 Å². The van der Waals surface area contributed by atoms with Crippen molar-refractivity contribution in [3.05, 3.63) is 103 Å². The molecule has 0 saturated heterocycles. The highest BCUT2D eigenvalue weighted by Gasteiger charge is 2.05. The summed E-state index contributed by atoms with van der Waals surface area (Å²) in [4.78, 5) is 16.5. The molecule has 0 aliphatic heterocycles. The van der Waals surface area contributed by atoms with E-state index in [4.69, 9.17) is 4.74 Å². The maximum absolute atomic E-state index is 12.2. The summed E-state index contributed by atoms with van der Waals surface area (Å²) < 4.78 is 7.57. The molecular formula is C24H23N5O2. The second-order valence-corrected chi connectivity index (χ2v) is 6.86. The molecule has 4 rings (SSSR count). The average molecular weight is 413 g/mol. The Morgan fingerprint density at radius 3 is 2.65 bits per heavy atom. The van der Waals surface area contributed by atoms with E-state index in [0.29, 0.717) is 31.0 Å². The SMILES string of the molecule is O=C(NCCc1ccn(-c2ccccc2)n1)Nc1cccc(OCc2ccccn2)c1.